The maximum Gasteiger partial charge on any atom is 0.229 e. The van der Waals surface area contributed by atoms with Crippen LogP contribution < -0.4 is 10.2 Å². The largest absolute Gasteiger partial charge is 0.324 e. The number of nitrogens with one attached hydrogen (secondary N) is 1. The zero-order chi connectivity index (χ0) is 18.1. The fourth-order valence-corrected chi connectivity index (χ4v) is 3.42. The number of rotatable bonds is 3. The average molecular weight is 377 g/mol. The monoisotopic (exact) mass is 376 g/mol. The van der Waals surface area contributed by atoms with Gasteiger partial charge in [-0.2, -0.15) is 0 Å². The first-order chi connectivity index (χ1) is 11.8. The van der Waals surface area contributed by atoms with Crippen LogP contribution in [0.4, 0.5) is 11.4 Å². The van der Waals surface area contributed by atoms with E-state index >= 15 is 0 Å². The van der Waals surface area contributed by atoms with E-state index in [0.717, 1.165) is 16.8 Å². The van der Waals surface area contributed by atoms with E-state index in [2.05, 4.69) is 11.4 Å². The molecule has 1 N–H and O–H groups in total. The van der Waals surface area contributed by atoms with Gasteiger partial charge in [0.2, 0.25) is 11.8 Å². The van der Waals surface area contributed by atoms with Crippen molar-refractivity contribution in [1.29, 1.82) is 0 Å². The quantitative estimate of drug-likeness (QED) is 0.850. The maximum absolute atomic E-state index is 12.5. The first-order valence-electron chi connectivity index (χ1n) is 7.98. The second-order valence-corrected chi connectivity index (χ2v) is 7.13. The number of hydrogen-bond acceptors (Lipinski definition) is 2. The minimum atomic E-state index is -0.427. The van der Waals surface area contributed by atoms with Gasteiger partial charge in [-0.05, 0) is 49.2 Å². The van der Waals surface area contributed by atoms with Gasteiger partial charge in [0.15, 0.2) is 0 Å². The van der Waals surface area contributed by atoms with Crippen LogP contribution in [0.1, 0.15) is 17.5 Å². The van der Waals surface area contributed by atoms with Gasteiger partial charge in [-0.25, -0.2) is 0 Å². The lowest BCUT2D eigenvalue weighted by molar-refractivity contribution is -0.122. The number of amides is 2. The van der Waals surface area contributed by atoms with Crippen LogP contribution in [0.5, 0.6) is 0 Å². The minimum Gasteiger partial charge on any atom is -0.324 e. The van der Waals surface area contributed by atoms with Gasteiger partial charge in [0.1, 0.15) is 0 Å². The first-order valence-corrected chi connectivity index (χ1v) is 8.74. The Morgan fingerprint density at radius 1 is 1.16 bits per heavy atom. The van der Waals surface area contributed by atoms with Gasteiger partial charge in [0, 0.05) is 18.7 Å². The predicted molar refractivity (Wildman–Crippen MR) is 101 cm³/mol. The first kappa shape index (κ1) is 17.8. The number of halogens is 2. The highest BCUT2D eigenvalue weighted by molar-refractivity contribution is 6.44. The van der Waals surface area contributed by atoms with Crippen molar-refractivity contribution in [1.82, 2.24) is 0 Å². The molecule has 2 amide bonds. The van der Waals surface area contributed by atoms with Crippen molar-refractivity contribution < 1.29 is 9.59 Å². The highest BCUT2D eigenvalue weighted by atomic mass is 35.5. The molecule has 1 aliphatic heterocycles. The molecule has 0 aromatic heterocycles. The standard InChI is InChI=1S/C19H18Cl2N2O2/c1-11-6-12(2)8-14(7-11)23-10-13(9-17(23)24)19(25)22-16-5-3-4-15(20)18(16)21/h3-8,13H,9-10H2,1-2H3,(H,22,25). The van der Waals surface area contributed by atoms with E-state index in [9.17, 15) is 9.59 Å². The fraction of sp³-hybridized carbons (Fsp3) is 0.263. The summed E-state index contributed by atoms with van der Waals surface area (Å²) in [6.45, 7) is 4.33. The molecule has 0 spiro atoms. The molecule has 1 unspecified atom stereocenters. The smallest absolute Gasteiger partial charge is 0.229 e. The Hall–Kier alpha value is -2.04. The van der Waals surface area contributed by atoms with Gasteiger partial charge in [0.25, 0.3) is 0 Å². The van der Waals surface area contributed by atoms with E-state index in [1.807, 2.05) is 26.0 Å². The summed E-state index contributed by atoms with van der Waals surface area (Å²) in [6.07, 6.45) is 0.178. The lowest BCUT2D eigenvalue weighted by Gasteiger charge is -2.18. The molecule has 0 bridgehead atoms. The molecule has 2 aromatic rings. The van der Waals surface area contributed by atoms with E-state index in [1.165, 1.54) is 0 Å². The Bertz CT molecular complexity index is 831. The van der Waals surface area contributed by atoms with Crippen molar-refractivity contribution in [3.63, 3.8) is 0 Å². The molecule has 2 aromatic carbocycles. The highest BCUT2D eigenvalue weighted by Crippen LogP contribution is 2.31. The van der Waals surface area contributed by atoms with E-state index < -0.39 is 5.92 Å². The molecule has 4 nitrogen and oxygen atoms in total. The van der Waals surface area contributed by atoms with E-state index in [4.69, 9.17) is 23.2 Å². The summed E-state index contributed by atoms with van der Waals surface area (Å²) in [6, 6.07) is 11.0. The molecular weight excluding hydrogens is 359 g/mol. The summed E-state index contributed by atoms with van der Waals surface area (Å²) in [4.78, 5) is 26.6. The van der Waals surface area contributed by atoms with Crippen LogP contribution >= 0.6 is 23.2 Å². The Balaban J connectivity index is 1.75. The molecule has 130 valence electrons. The van der Waals surface area contributed by atoms with Crippen molar-refractivity contribution in [3.05, 3.63) is 57.6 Å². The van der Waals surface area contributed by atoms with Gasteiger partial charge in [-0.15, -0.1) is 0 Å². The normalized spacial score (nSPS) is 17.0. The van der Waals surface area contributed by atoms with Crippen LogP contribution in [0.15, 0.2) is 36.4 Å². The van der Waals surface area contributed by atoms with Crippen LogP contribution in [-0.4, -0.2) is 18.4 Å². The number of hydrogen-bond donors (Lipinski definition) is 1. The summed E-state index contributed by atoms with van der Waals surface area (Å²) in [5, 5.41) is 3.45. The summed E-state index contributed by atoms with van der Waals surface area (Å²) >= 11 is 12.1. The number of carbonyl (C=O) groups excluding carboxylic acids is 2. The zero-order valence-corrected chi connectivity index (χ0v) is 15.5. The molecule has 0 radical (unpaired) electrons. The number of anilines is 2. The molecule has 25 heavy (non-hydrogen) atoms. The molecular formula is C19H18Cl2N2O2. The van der Waals surface area contributed by atoms with E-state index in [0.29, 0.717) is 22.3 Å². The summed E-state index contributed by atoms with van der Waals surface area (Å²) in [5.41, 5.74) is 3.46. The van der Waals surface area contributed by atoms with Crippen LogP contribution in [0.2, 0.25) is 10.0 Å². The lowest BCUT2D eigenvalue weighted by atomic mass is 10.1. The third-order valence-electron chi connectivity index (χ3n) is 4.22. The third kappa shape index (κ3) is 3.80. The molecule has 1 aliphatic rings. The van der Waals surface area contributed by atoms with Crippen molar-refractivity contribution in [2.24, 2.45) is 5.92 Å². The van der Waals surface area contributed by atoms with Crippen LogP contribution in [-0.2, 0) is 9.59 Å². The SMILES string of the molecule is Cc1cc(C)cc(N2CC(C(=O)Nc3cccc(Cl)c3Cl)CC2=O)c1. The van der Waals surface area contributed by atoms with Gasteiger partial charge >= 0.3 is 0 Å². The molecule has 3 rings (SSSR count). The second-order valence-electron chi connectivity index (χ2n) is 6.34. The number of benzene rings is 2. The third-order valence-corrected chi connectivity index (χ3v) is 5.04. The molecule has 1 heterocycles. The second kappa shape index (κ2) is 7.06. The van der Waals surface area contributed by atoms with Crippen molar-refractivity contribution in [2.45, 2.75) is 20.3 Å². The van der Waals surface area contributed by atoms with Crippen LogP contribution in [0.3, 0.4) is 0 Å². The Kier molecular flexibility index (Phi) is 5.02. The predicted octanol–water partition coefficient (Wildman–Crippen LogP) is 4.60. The number of nitrogens with zero attached hydrogens (tertiary/aromatic N) is 1. The molecule has 0 aliphatic carbocycles. The topological polar surface area (TPSA) is 49.4 Å². The number of aryl methyl sites for hydroxylation is 2. The molecule has 1 atom stereocenters. The van der Waals surface area contributed by atoms with Crippen molar-refractivity contribution in [2.75, 3.05) is 16.8 Å². The summed E-state index contributed by atoms with van der Waals surface area (Å²) < 4.78 is 0. The Labute approximate surface area is 156 Å². The van der Waals surface area contributed by atoms with E-state index in [1.54, 1.807) is 23.1 Å². The van der Waals surface area contributed by atoms with Gasteiger partial charge in [0.05, 0.1) is 21.7 Å². The Morgan fingerprint density at radius 3 is 2.52 bits per heavy atom. The van der Waals surface area contributed by atoms with Gasteiger partial charge < -0.3 is 10.2 Å². The summed E-state index contributed by atoms with van der Waals surface area (Å²) in [7, 11) is 0. The average Bonchev–Trinajstić information content (AvgIpc) is 2.93. The van der Waals surface area contributed by atoms with Crippen LogP contribution in [0.25, 0.3) is 0 Å². The molecule has 6 heteroatoms. The minimum absolute atomic E-state index is 0.0534. The molecule has 0 saturated carbocycles. The lowest BCUT2D eigenvalue weighted by Crippen LogP contribution is -2.28. The van der Waals surface area contributed by atoms with Gasteiger partial charge in [-0.1, -0.05) is 35.3 Å². The molecule has 1 fully saturated rings. The van der Waals surface area contributed by atoms with Crippen LogP contribution in [0, 0.1) is 19.8 Å². The Morgan fingerprint density at radius 2 is 1.84 bits per heavy atom. The highest BCUT2D eigenvalue weighted by Gasteiger charge is 2.35. The van der Waals surface area contributed by atoms with Gasteiger partial charge in [-0.3, -0.25) is 9.59 Å². The fourth-order valence-electron chi connectivity index (χ4n) is 3.07. The zero-order valence-electron chi connectivity index (χ0n) is 14.0. The maximum atomic E-state index is 12.5. The summed E-state index contributed by atoms with van der Waals surface area (Å²) in [5.74, 6) is -0.713. The molecule has 1 saturated heterocycles. The van der Waals surface area contributed by atoms with Crippen molar-refractivity contribution in [3.8, 4) is 0 Å². The van der Waals surface area contributed by atoms with Crippen molar-refractivity contribution >= 4 is 46.4 Å². The number of carbonyl (C=O) groups is 2. The van der Waals surface area contributed by atoms with E-state index in [-0.39, 0.29) is 18.2 Å².